The predicted molar refractivity (Wildman–Crippen MR) is 89.4 cm³/mol. The van der Waals surface area contributed by atoms with Crippen LogP contribution in [0.5, 0.6) is 0 Å². The van der Waals surface area contributed by atoms with Crippen molar-refractivity contribution in [2.75, 3.05) is 6.61 Å². The summed E-state index contributed by atoms with van der Waals surface area (Å²) in [5.74, 6) is -0.240. The lowest BCUT2D eigenvalue weighted by Gasteiger charge is -1.97. The minimum Gasteiger partial charge on any atom is -0.463 e. The van der Waals surface area contributed by atoms with Crippen LogP contribution in [-0.4, -0.2) is 18.9 Å². The Labute approximate surface area is 131 Å². The van der Waals surface area contributed by atoms with Crippen LogP contribution in [0.3, 0.4) is 0 Å². The molecule has 0 aromatic carbocycles. The molecule has 0 amide bonds. The van der Waals surface area contributed by atoms with Gasteiger partial charge < -0.3 is 9.53 Å². The molecule has 3 heteroatoms. The Bertz CT molecular complexity index is 247. The Kier molecular flexibility index (Phi) is 22.4. The summed E-state index contributed by atoms with van der Waals surface area (Å²) in [5.41, 5.74) is 0. The Balaban J connectivity index is 0. The fourth-order valence-electron chi connectivity index (χ4n) is 1.72. The zero-order valence-electron chi connectivity index (χ0n) is 14.2. The highest BCUT2D eigenvalue weighted by Crippen LogP contribution is 2.07. The van der Waals surface area contributed by atoms with Crippen LogP contribution in [0.2, 0.25) is 0 Å². The molecular formula is C18H34O3. The van der Waals surface area contributed by atoms with Crippen LogP contribution in [0.4, 0.5) is 0 Å². The van der Waals surface area contributed by atoms with Gasteiger partial charge in [0.25, 0.3) is 0 Å². The second-order valence-electron chi connectivity index (χ2n) is 5.02. The lowest BCUT2D eigenvalue weighted by atomic mass is 10.1. The average Bonchev–Trinajstić information content (AvgIpc) is 2.48. The fourth-order valence-corrected chi connectivity index (χ4v) is 1.72. The highest BCUT2D eigenvalue weighted by Gasteiger charge is 1.90. The van der Waals surface area contributed by atoms with Gasteiger partial charge in [0, 0.05) is 12.5 Å². The number of unbranched alkanes of at least 4 members (excludes halogenated alkanes) is 8. The molecule has 0 radical (unpaired) electrons. The molecule has 0 saturated carbocycles. The SMILES string of the molecule is CCC/C=C/C(=O)OCC.CCCCCCCCCC=O. The van der Waals surface area contributed by atoms with Crippen LogP contribution < -0.4 is 0 Å². The molecule has 0 saturated heterocycles. The predicted octanol–water partition coefficient (Wildman–Crippen LogP) is 5.23. The topological polar surface area (TPSA) is 43.4 Å². The van der Waals surface area contributed by atoms with Gasteiger partial charge >= 0.3 is 5.97 Å². The highest BCUT2D eigenvalue weighted by molar-refractivity contribution is 5.81. The van der Waals surface area contributed by atoms with Gasteiger partial charge in [-0.05, 0) is 19.8 Å². The number of ether oxygens (including phenoxy) is 1. The smallest absolute Gasteiger partial charge is 0.330 e. The Hall–Kier alpha value is -1.12. The van der Waals surface area contributed by atoms with Crippen molar-refractivity contribution in [3.8, 4) is 0 Å². The molecule has 21 heavy (non-hydrogen) atoms. The lowest BCUT2D eigenvalue weighted by Crippen LogP contribution is -1.98. The standard InChI is InChI=1S/C10H20O.C8H14O2/c1-2-3-4-5-6-7-8-9-10-11;1-3-5-6-7-8(9)10-4-2/h10H,2-9H2,1H3;6-7H,3-5H2,1-2H3/b;7-6+. The number of aldehydes is 1. The first-order chi connectivity index (χ1) is 10.2. The van der Waals surface area contributed by atoms with E-state index in [0.29, 0.717) is 6.61 Å². The Morgan fingerprint density at radius 2 is 1.48 bits per heavy atom. The van der Waals surface area contributed by atoms with Gasteiger partial charge in [0.1, 0.15) is 6.29 Å². The Morgan fingerprint density at radius 3 is 2.00 bits per heavy atom. The minimum absolute atomic E-state index is 0.240. The van der Waals surface area contributed by atoms with E-state index in [1.807, 2.05) is 6.08 Å². The van der Waals surface area contributed by atoms with Gasteiger partial charge in [-0.15, -0.1) is 0 Å². The first-order valence-electron chi connectivity index (χ1n) is 8.49. The van der Waals surface area contributed by atoms with Gasteiger partial charge in [-0.2, -0.15) is 0 Å². The third kappa shape index (κ3) is 24.3. The fraction of sp³-hybridized carbons (Fsp3) is 0.778. The molecule has 0 fully saturated rings. The molecular weight excluding hydrogens is 264 g/mol. The van der Waals surface area contributed by atoms with Crippen LogP contribution in [0.1, 0.15) is 85.0 Å². The van der Waals surface area contributed by atoms with E-state index >= 15 is 0 Å². The second-order valence-corrected chi connectivity index (χ2v) is 5.02. The quantitative estimate of drug-likeness (QED) is 0.214. The van der Waals surface area contributed by atoms with E-state index in [9.17, 15) is 9.59 Å². The molecule has 0 spiro atoms. The van der Waals surface area contributed by atoms with E-state index in [0.717, 1.165) is 32.0 Å². The average molecular weight is 298 g/mol. The molecule has 0 bridgehead atoms. The zero-order chi connectivity index (χ0) is 16.2. The molecule has 0 aromatic rings. The summed E-state index contributed by atoms with van der Waals surface area (Å²) >= 11 is 0. The monoisotopic (exact) mass is 298 g/mol. The van der Waals surface area contributed by atoms with Crippen molar-refractivity contribution < 1.29 is 14.3 Å². The molecule has 0 aliphatic rings. The van der Waals surface area contributed by atoms with Crippen LogP contribution in [0, 0.1) is 0 Å². The van der Waals surface area contributed by atoms with Crippen LogP contribution in [-0.2, 0) is 14.3 Å². The van der Waals surface area contributed by atoms with Gasteiger partial charge in [-0.25, -0.2) is 4.79 Å². The molecule has 3 nitrogen and oxygen atoms in total. The second kappa shape index (κ2) is 21.2. The van der Waals surface area contributed by atoms with E-state index < -0.39 is 0 Å². The van der Waals surface area contributed by atoms with E-state index in [1.165, 1.54) is 44.6 Å². The first kappa shape index (κ1) is 22.2. The third-order valence-electron chi connectivity index (χ3n) is 2.92. The summed E-state index contributed by atoms with van der Waals surface area (Å²) in [4.78, 5) is 20.5. The molecule has 0 atom stereocenters. The van der Waals surface area contributed by atoms with E-state index in [4.69, 9.17) is 0 Å². The minimum atomic E-state index is -0.240. The molecule has 0 aliphatic carbocycles. The number of carbonyl (C=O) groups excluding carboxylic acids is 2. The van der Waals surface area contributed by atoms with Crippen molar-refractivity contribution in [2.24, 2.45) is 0 Å². The number of esters is 1. The zero-order valence-corrected chi connectivity index (χ0v) is 14.2. The van der Waals surface area contributed by atoms with Crippen molar-refractivity contribution in [1.82, 2.24) is 0 Å². The van der Waals surface area contributed by atoms with Crippen molar-refractivity contribution in [1.29, 1.82) is 0 Å². The number of hydrogen-bond donors (Lipinski definition) is 0. The maximum absolute atomic E-state index is 10.6. The molecule has 0 unspecified atom stereocenters. The van der Waals surface area contributed by atoms with Crippen LogP contribution in [0.25, 0.3) is 0 Å². The van der Waals surface area contributed by atoms with Crippen molar-refractivity contribution >= 4 is 12.3 Å². The van der Waals surface area contributed by atoms with Gasteiger partial charge in [0.2, 0.25) is 0 Å². The summed E-state index contributed by atoms with van der Waals surface area (Å²) in [7, 11) is 0. The van der Waals surface area contributed by atoms with Crippen LogP contribution >= 0.6 is 0 Å². The molecule has 0 N–H and O–H groups in total. The number of rotatable bonds is 12. The van der Waals surface area contributed by atoms with Crippen molar-refractivity contribution in [2.45, 2.75) is 85.0 Å². The highest BCUT2D eigenvalue weighted by atomic mass is 16.5. The van der Waals surface area contributed by atoms with Crippen LogP contribution in [0.15, 0.2) is 12.2 Å². The van der Waals surface area contributed by atoms with Gasteiger partial charge in [-0.1, -0.05) is 64.9 Å². The normalized spacial score (nSPS) is 10.0. The van der Waals surface area contributed by atoms with E-state index in [2.05, 4.69) is 18.6 Å². The third-order valence-corrected chi connectivity index (χ3v) is 2.92. The number of carbonyl (C=O) groups is 2. The van der Waals surface area contributed by atoms with E-state index in [-0.39, 0.29) is 5.97 Å². The summed E-state index contributed by atoms with van der Waals surface area (Å²) < 4.78 is 4.66. The summed E-state index contributed by atoms with van der Waals surface area (Å²) in [5, 5.41) is 0. The van der Waals surface area contributed by atoms with Gasteiger partial charge in [0.15, 0.2) is 0 Å². The summed E-state index contributed by atoms with van der Waals surface area (Å²) in [6.07, 6.45) is 16.2. The molecule has 0 rings (SSSR count). The maximum atomic E-state index is 10.6. The van der Waals surface area contributed by atoms with Crippen molar-refractivity contribution in [3.63, 3.8) is 0 Å². The molecule has 0 aromatic heterocycles. The van der Waals surface area contributed by atoms with Gasteiger partial charge in [-0.3, -0.25) is 0 Å². The molecule has 0 aliphatic heterocycles. The summed E-state index contributed by atoms with van der Waals surface area (Å²) in [6.45, 7) is 6.54. The van der Waals surface area contributed by atoms with E-state index in [1.54, 1.807) is 6.92 Å². The summed E-state index contributed by atoms with van der Waals surface area (Å²) in [6, 6.07) is 0. The van der Waals surface area contributed by atoms with Crippen molar-refractivity contribution in [3.05, 3.63) is 12.2 Å². The lowest BCUT2D eigenvalue weighted by molar-refractivity contribution is -0.137. The number of allylic oxidation sites excluding steroid dienone is 1. The van der Waals surface area contributed by atoms with Gasteiger partial charge in [0.05, 0.1) is 6.61 Å². The molecule has 124 valence electrons. The largest absolute Gasteiger partial charge is 0.463 e. The Morgan fingerprint density at radius 1 is 0.857 bits per heavy atom. The molecule has 0 heterocycles. The first-order valence-corrected chi connectivity index (χ1v) is 8.49. The number of hydrogen-bond acceptors (Lipinski definition) is 3. The maximum Gasteiger partial charge on any atom is 0.330 e.